The average molecular weight is 363 g/mol. The average Bonchev–Trinajstić information content (AvgIpc) is 2.99. The maximum Gasteiger partial charge on any atom is 0.233 e. The van der Waals surface area contributed by atoms with Gasteiger partial charge in [-0.05, 0) is 19.4 Å². The van der Waals surface area contributed by atoms with Gasteiger partial charge in [0.15, 0.2) is 4.34 Å². The number of aromatic nitrogens is 2. The van der Waals surface area contributed by atoms with Crippen molar-refractivity contribution >= 4 is 29.0 Å². The summed E-state index contributed by atoms with van der Waals surface area (Å²) in [5.41, 5.74) is 2.64. The van der Waals surface area contributed by atoms with E-state index in [4.69, 9.17) is 0 Å². The van der Waals surface area contributed by atoms with Gasteiger partial charge in [0.2, 0.25) is 5.91 Å². The van der Waals surface area contributed by atoms with Gasteiger partial charge in [0.1, 0.15) is 5.01 Å². The predicted octanol–water partition coefficient (Wildman–Crippen LogP) is 2.59. The Bertz CT molecular complexity index is 695. The van der Waals surface area contributed by atoms with E-state index in [9.17, 15) is 4.79 Å². The molecule has 7 heteroatoms. The molecule has 0 radical (unpaired) electrons. The van der Waals surface area contributed by atoms with Crippen molar-refractivity contribution in [3.05, 3.63) is 40.4 Å². The summed E-state index contributed by atoms with van der Waals surface area (Å²) < 4.78 is 0.874. The molecule has 0 N–H and O–H groups in total. The van der Waals surface area contributed by atoms with Crippen LogP contribution in [0, 0.1) is 13.8 Å². The third-order valence-corrected chi connectivity index (χ3v) is 6.00. The van der Waals surface area contributed by atoms with Crippen molar-refractivity contribution in [3.8, 4) is 0 Å². The number of carbonyl (C=O) groups excluding carboxylic acids is 1. The first kappa shape index (κ1) is 17.4. The van der Waals surface area contributed by atoms with E-state index < -0.39 is 0 Å². The minimum Gasteiger partial charge on any atom is -0.339 e. The smallest absolute Gasteiger partial charge is 0.233 e. The van der Waals surface area contributed by atoms with Crippen LogP contribution in [0.25, 0.3) is 0 Å². The first-order chi connectivity index (χ1) is 11.6. The molecule has 2 heterocycles. The van der Waals surface area contributed by atoms with Gasteiger partial charge >= 0.3 is 0 Å². The number of hydrogen-bond donors (Lipinski definition) is 0. The molecular weight excluding hydrogens is 340 g/mol. The highest BCUT2D eigenvalue weighted by atomic mass is 32.2. The number of nitrogens with zero attached hydrogens (tertiary/aromatic N) is 4. The van der Waals surface area contributed by atoms with Crippen LogP contribution >= 0.6 is 23.1 Å². The highest BCUT2D eigenvalue weighted by Crippen LogP contribution is 2.22. The summed E-state index contributed by atoms with van der Waals surface area (Å²) in [7, 11) is 0. The monoisotopic (exact) mass is 362 g/mol. The Morgan fingerprint density at radius 2 is 2.00 bits per heavy atom. The summed E-state index contributed by atoms with van der Waals surface area (Å²) in [5.74, 6) is 0.648. The Kier molecular flexibility index (Phi) is 5.86. The van der Waals surface area contributed by atoms with Gasteiger partial charge in [0.05, 0.1) is 5.75 Å². The molecule has 0 saturated carbocycles. The Morgan fingerprint density at radius 3 is 2.67 bits per heavy atom. The molecule has 1 aromatic carbocycles. The molecule has 0 aliphatic carbocycles. The largest absolute Gasteiger partial charge is 0.339 e. The Hall–Kier alpha value is -1.44. The zero-order valence-electron chi connectivity index (χ0n) is 14.1. The third-order valence-electron chi connectivity index (χ3n) is 4.04. The van der Waals surface area contributed by atoms with Gasteiger partial charge < -0.3 is 4.90 Å². The van der Waals surface area contributed by atoms with Crippen LogP contribution in [0.2, 0.25) is 0 Å². The van der Waals surface area contributed by atoms with Crippen LogP contribution in [0.3, 0.4) is 0 Å². The van der Waals surface area contributed by atoms with E-state index in [2.05, 4.69) is 46.3 Å². The van der Waals surface area contributed by atoms with Crippen molar-refractivity contribution in [1.82, 2.24) is 20.0 Å². The van der Waals surface area contributed by atoms with E-state index in [0.29, 0.717) is 5.75 Å². The molecule has 2 aromatic rings. The van der Waals surface area contributed by atoms with Crippen LogP contribution < -0.4 is 0 Å². The molecule has 3 rings (SSSR count). The first-order valence-electron chi connectivity index (χ1n) is 8.09. The van der Waals surface area contributed by atoms with Crippen molar-refractivity contribution in [3.63, 3.8) is 0 Å². The van der Waals surface area contributed by atoms with E-state index in [1.54, 1.807) is 11.3 Å². The molecule has 5 nitrogen and oxygen atoms in total. The lowest BCUT2D eigenvalue weighted by Gasteiger charge is -2.34. The molecule has 1 amide bonds. The van der Waals surface area contributed by atoms with E-state index >= 15 is 0 Å². The summed E-state index contributed by atoms with van der Waals surface area (Å²) in [4.78, 5) is 16.7. The number of hydrogen-bond acceptors (Lipinski definition) is 6. The Labute approximate surface area is 151 Å². The summed E-state index contributed by atoms with van der Waals surface area (Å²) >= 11 is 3.03. The van der Waals surface area contributed by atoms with Crippen molar-refractivity contribution in [1.29, 1.82) is 0 Å². The van der Waals surface area contributed by atoms with E-state index in [-0.39, 0.29) is 5.91 Å². The fourth-order valence-electron chi connectivity index (χ4n) is 2.78. The van der Waals surface area contributed by atoms with Gasteiger partial charge in [-0.25, -0.2) is 0 Å². The zero-order chi connectivity index (χ0) is 16.9. The number of aryl methyl sites for hydroxylation is 2. The van der Waals surface area contributed by atoms with E-state index in [1.165, 1.54) is 22.9 Å². The van der Waals surface area contributed by atoms with Crippen LogP contribution in [0.1, 0.15) is 16.1 Å². The molecule has 0 unspecified atom stereocenters. The summed E-state index contributed by atoms with van der Waals surface area (Å²) in [5, 5.41) is 8.97. The van der Waals surface area contributed by atoms with Gasteiger partial charge in [-0.15, -0.1) is 10.2 Å². The second-order valence-corrected chi connectivity index (χ2v) is 8.43. The molecule has 1 aromatic heterocycles. The first-order valence-corrected chi connectivity index (χ1v) is 9.89. The molecule has 1 fully saturated rings. The number of benzene rings is 1. The molecule has 0 bridgehead atoms. The zero-order valence-corrected chi connectivity index (χ0v) is 15.7. The fourth-order valence-corrected chi connectivity index (χ4v) is 4.49. The maximum absolute atomic E-state index is 12.3. The van der Waals surface area contributed by atoms with Gasteiger partial charge in [-0.3, -0.25) is 9.69 Å². The summed E-state index contributed by atoms with van der Waals surface area (Å²) in [6, 6.07) is 8.64. The molecular formula is C17H22N4OS2. The highest BCUT2D eigenvalue weighted by Gasteiger charge is 2.21. The van der Waals surface area contributed by atoms with Crippen LogP contribution in [-0.2, 0) is 11.3 Å². The number of thioether (sulfide) groups is 1. The van der Waals surface area contributed by atoms with E-state index in [0.717, 1.165) is 42.1 Å². The highest BCUT2D eigenvalue weighted by molar-refractivity contribution is 8.01. The van der Waals surface area contributed by atoms with Gasteiger partial charge in [-0.2, -0.15) is 0 Å². The lowest BCUT2D eigenvalue weighted by Crippen LogP contribution is -2.48. The summed E-state index contributed by atoms with van der Waals surface area (Å²) in [6.07, 6.45) is 0. The van der Waals surface area contributed by atoms with Crippen LogP contribution in [-0.4, -0.2) is 57.8 Å². The maximum atomic E-state index is 12.3. The van der Waals surface area contributed by atoms with Crippen molar-refractivity contribution in [2.75, 3.05) is 31.9 Å². The SMILES string of the molecule is Cc1cccc(CN2CCN(C(=O)CSc3nnc(C)s3)CC2)c1. The van der Waals surface area contributed by atoms with Gasteiger partial charge in [0, 0.05) is 32.7 Å². The van der Waals surface area contributed by atoms with Gasteiger partial charge in [0.25, 0.3) is 0 Å². The predicted molar refractivity (Wildman–Crippen MR) is 98.4 cm³/mol. The standard InChI is InChI=1S/C17H22N4OS2/c1-13-4-3-5-15(10-13)11-20-6-8-21(9-7-20)16(22)12-23-17-19-18-14(2)24-17/h3-5,10H,6-9,11-12H2,1-2H3. The second kappa shape index (κ2) is 8.09. The molecule has 1 saturated heterocycles. The lowest BCUT2D eigenvalue weighted by atomic mass is 10.1. The van der Waals surface area contributed by atoms with Crippen LogP contribution in [0.4, 0.5) is 0 Å². The van der Waals surface area contributed by atoms with Crippen molar-refractivity contribution in [2.45, 2.75) is 24.7 Å². The molecule has 1 aliphatic heterocycles. The molecule has 1 aliphatic rings. The van der Waals surface area contributed by atoms with Crippen LogP contribution in [0.15, 0.2) is 28.6 Å². The van der Waals surface area contributed by atoms with Crippen molar-refractivity contribution < 1.29 is 4.79 Å². The minimum atomic E-state index is 0.197. The quantitative estimate of drug-likeness (QED) is 0.765. The van der Waals surface area contributed by atoms with E-state index in [1.807, 2.05) is 11.8 Å². The topological polar surface area (TPSA) is 49.3 Å². The lowest BCUT2D eigenvalue weighted by molar-refractivity contribution is -0.130. The number of amides is 1. The molecule has 24 heavy (non-hydrogen) atoms. The third kappa shape index (κ3) is 4.78. The normalized spacial score (nSPS) is 15.7. The number of piperazine rings is 1. The van der Waals surface area contributed by atoms with Crippen molar-refractivity contribution in [2.24, 2.45) is 0 Å². The van der Waals surface area contributed by atoms with Gasteiger partial charge in [-0.1, -0.05) is 52.9 Å². The summed E-state index contributed by atoms with van der Waals surface area (Å²) in [6.45, 7) is 8.49. The minimum absolute atomic E-state index is 0.197. The molecule has 128 valence electrons. The van der Waals surface area contributed by atoms with Crippen LogP contribution in [0.5, 0.6) is 0 Å². The number of rotatable bonds is 5. The molecule has 0 atom stereocenters. The molecule has 0 spiro atoms. The Balaban J connectivity index is 1.43. The Morgan fingerprint density at radius 1 is 1.21 bits per heavy atom. The number of carbonyl (C=O) groups is 1. The second-order valence-electron chi connectivity index (χ2n) is 6.02. The fraction of sp³-hybridized carbons (Fsp3) is 0.471.